The first-order chi connectivity index (χ1) is 16.6. The van der Waals surface area contributed by atoms with Crippen molar-refractivity contribution in [3.8, 4) is 5.75 Å². The highest BCUT2D eigenvalue weighted by molar-refractivity contribution is 5.60. The molecule has 7 nitrogen and oxygen atoms in total. The minimum atomic E-state index is 0.564. The zero-order valence-electron chi connectivity index (χ0n) is 19.2. The Hall–Kier alpha value is -4.31. The van der Waals surface area contributed by atoms with Gasteiger partial charge in [0.1, 0.15) is 12.0 Å². The van der Waals surface area contributed by atoms with E-state index in [1.54, 1.807) is 24.3 Å². The van der Waals surface area contributed by atoms with Gasteiger partial charge in [-0.1, -0.05) is 0 Å². The van der Waals surface area contributed by atoms with Gasteiger partial charge in [-0.25, -0.2) is 4.79 Å². The second kappa shape index (κ2) is 11.0. The monoisotopic (exact) mass is 451 g/mol. The fourth-order valence-corrected chi connectivity index (χ4v) is 3.79. The van der Waals surface area contributed by atoms with Gasteiger partial charge in [-0.3, -0.25) is 0 Å². The van der Waals surface area contributed by atoms with Crippen molar-refractivity contribution >= 4 is 34.4 Å². The van der Waals surface area contributed by atoms with Crippen LogP contribution in [0.1, 0.15) is 24.0 Å². The van der Waals surface area contributed by atoms with Crippen LogP contribution in [0.4, 0.5) is 28.4 Å². The molecule has 1 heterocycles. The molecular formula is C27H25N5O2. The van der Waals surface area contributed by atoms with Gasteiger partial charge >= 0.3 is 0 Å². The summed E-state index contributed by atoms with van der Waals surface area (Å²) in [5.41, 5.74) is 8.47. The Morgan fingerprint density at radius 2 is 1.35 bits per heavy atom. The Balaban J connectivity index is 1.43. The molecule has 170 valence electrons. The van der Waals surface area contributed by atoms with Crippen molar-refractivity contribution in [2.45, 2.75) is 26.7 Å². The summed E-state index contributed by atoms with van der Waals surface area (Å²) in [5.74, 6) is 2.06. The molecule has 0 spiro atoms. The number of hydrogen-bond acceptors (Lipinski definition) is 7. The summed E-state index contributed by atoms with van der Waals surface area (Å²) in [5, 5.41) is 17.6. The van der Waals surface area contributed by atoms with Crippen LogP contribution in [-0.4, -0.2) is 19.0 Å². The summed E-state index contributed by atoms with van der Waals surface area (Å²) in [7, 11) is 0. The molecule has 1 aliphatic heterocycles. The van der Waals surface area contributed by atoms with Crippen LogP contribution in [0.2, 0.25) is 0 Å². The second-order valence-electron chi connectivity index (χ2n) is 8.01. The van der Waals surface area contributed by atoms with Gasteiger partial charge < -0.3 is 9.64 Å². The predicted molar refractivity (Wildman–Crippen MR) is 133 cm³/mol. The second-order valence-corrected chi connectivity index (χ2v) is 8.01. The van der Waals surface area contributed by atoms with Gasteiger partial charge in [-0.15, -0.1) is 0 Å². The summed E-state index contributed by atoms with van der Waals surface area (Å²) in [6, 6.07) is 19.1. The van der Waals surface area contributed by atoms with Gasteiger partial charge in [0.2, 0.25) is 0 Å². The number of hydrogen-bond donors (Lipinski definition) is 0. The molecule has 4 rings (SSSR count). The number of aryl methyl sites for hydroxylation is 2. The number of anilines is 1. The Bertz CT molecular complexity index is 1250. The molecule has 34 heavy (non-hydrogen) atoms. The molecule has 3 aromatic rings. The first-order valence-electron chi connectivity index (χ1n) is 11.1. The molecule has 0 saturated carbocycles. The zero-order valence-corrected chi connectivity index (χ0v) is 19.2. The molecule has 0 bridgehead atoms. The van der Waals surface area contributed by atoms with Gasteiger partial charge in [-0.2, -0.15) is 20.5 Å². The third-order valence-electron chi connectivity index (χ3n) is 5.49. The maximum absolute atomic E-state index is 10.1. The van der Waals surface area contributed by atoms with Crippen molar-refractivity contribution in [1.29, 1.82) is 0 Å². The van der Waals surface area contributed by atoms with Gasteiger partial charge in [-0.05, 0) is 98.5 Å². The van der Waals surface area contributed by atoms with Crippen LogP contribution in [0.25, 0.3) is 0 Å². The lowest BCUT2D eigenvalue weighted by atomic mass is 10.1. The van der Waals surface area contributed by atoms with E-state index >= 15 is 0 Å². The van der Waals surface area contributed by atoms with Crippen LogP contribution in [0.3, 0.4) is 0 Å². The van der Waals surface area contributed by atoms with Crippen molar-refractivity contribution in [2.75, 3.05) is 18.0 Å². The summed E-state index contributed by atoms with van der Waals surface area (Å²) < 4.78 is 5.20. The zero-order chi connectivity index (χ0) is 23.8. The molecule has 0 aliphatic carbocycles. The summed E-state index contributed by atoms with van der Waals surface area (Å²) in [4.78, 5) is 12.5. The normalized spacial score (nSPS) is 13.3. The van der Waals surface area contributed by atoms with Crippen LogP contribution >= 0.6 is 0 Å². The maximum atomic E-state index is 10.1. The van der Waals surface area contributed by atoms with E-state index in [-0.39, 0.29) is 0 Å². The van der Waals surface area contributed by atoms with Crippen molar-refractivity contribution in [2.24, 2.45) is 20.5 Å². The van der Waals surface area contributed by atoms with E-state index in [1.165, 1.54) is 24.5 Å². The molecule has 1 aliphatic rings. The Kier molecular flexibility index (Phi) is 7.41. The summed E-state index contributed by atoms with van der Waals surface area (Å²) >= 11 is 0. The van der Waals surface area contributed by atoms with E-state index in [0.717, 1.165) is 47.5 Å². The highest BCUT2D eigenvalue weighted by Crippen LogP contribution is 2.32. The molecule has 0 unspecified atom stereocenters. The number of azo groups is 2. The molecule has 0 amide bonds. The van der Waals surface area contributed by atoms with E-state index in [9.17, 15) is 4.79 Å². The highest BCUT2D eigenvalue weighted by atomic mass is 16.5. The Morgan fingerprint density at radius 3 is 1.97 bits per heavy atom. The molecule has 0 radical (unpaired) electrons. The van der Waals surface area contributed by atoms with E-state index in [2.05, 4.69) is 43.2 Å². The predicted octanol–water partition coefficient (Wildman–Crippen LogP) is 7.61. The lowest BCUT2D eigenvalue weighted by Crippen LogP contribution is -2.17. The minimum absolute atomic E-state index is 0.564. The molecule has 7 heteroatoms. The highest BCUT2D eigenvalue weighted by Gasteiger charge is 2.11. The van der Waals surface area contributed by atoms with Gasteiger partial charge in [0.15, 0.2) is 5.94 Å². The summed E-state index contributed by atoms with van der Waals surface area (Å²) in [6.07, 6.45) is 3.67. The van der Waals surface area contributed by atoms with E-state index in [0.29, 0.717) is 11.4 Å². The maximum Gasteiger partial charge on any atom is 0.180 e. The number of carbonyl (C=O) groups excluding carboxylic acids is 1. The lowest BCUT2D eigenvalue weighted by Gasteiger charge is -2.17. The molecule has 0 aromatic heterocycles. The Labute approximate surface area is 198 Å². The van der Waals surface area contributed by atoms with Crippen molar-refractivity contribution < 1.29 is 9.53 Å². The SMILES string of the molecule is Cc1cc(N=Nc2ccc(OC=C=C=O)cc2)cc(C)c1N=Nc1ccc(N2CCCC2)cc1. The van der Waals surface area contributed by atoms with Crippen molar-refractivity contribution in [3.05, 3.63) is 83.8 Å². The molecular weight excluding hydrogens is 426 g/mol. The smallest absolute Gasteiger partial charge is 0.180 e. The van der Waals surface area contributed by atoms with E-state index < -0.39 is 0 Å². The van der Waals surface area contributed by atoms with E-state index in [4.69, 9.17) is 4.74 Å². The molecule has 0 N–H and O–H groups in total. The molecule has 1 saturated heterocycles. The average Bonchev–Trinajstić information content (AvgIpc) is 3.39. The quantitative estimate of drug-likeness (QED) is 0.160. The summed E-state index contributed by atoms with van der Waals surface area (Å²) in [6.45, 7) is 6.23. The standard InChI is InChI=1S/C27H25N5O2/c1-20-18-24(30-28-23-8-12-26(13-9-23)34-17-5-16-33)19-21(2)27(20)31-29-22-6-10-25(11-7-22)32-14-3-4-15-32/h6-13,17-19H,3-4,14-15H2,1-2H3. The largest absolute Gasteiger partial charge is 0.456 e. The number of nitrogens with zero attached hydrogens (tertiary/aromatic N) is 5. The van der Waals surface area contributed by atoms with Crippen LogP contribution in [-0.2, 0) is 4.79 Å². The topological polar surface area (TPSA) is 79.0 Å². The molecule has 3 aromatic carbocycles. The fourth-order valence-electron chi connectivity index (χ4n) is 3.79. The van der Waals surface area contributed by atoms with Crippen LogP contribution in [0.15, 0.2) is 93.1 Å². The fraction of sp³-hybridized carbons (Fsp3) is 0.222. The number of benzene rings is 3. The third-order valence-corrected chi connectivity index (χ3v) is 5.49. The number of rotatable bonds is 7. The molecule has 1 fully saturated rings. The number of ether oxygens (including phenoxy) is 1. The first kappa shape index (κ1) is 22.9. The Morgan fingerprint density at radius 1 is 0.794 bits per heavy atom. The third kappa shape index (κ3) is 5.93. The van der Waals surface area contributed by atoms with E-state index in [1.807, 2.05) is 38.1 Å². The van der Waals surface area contributed by atoms with Gasteiger partial charge in [0, 0.05) is 24.5 Å². The molecule has 0 atom stereocenters. The van der Waals surface area contributed by atoms with Gasteiger partial charge in [0.25, 0.3) is 0 Å². The van der Waals surface area contributed by atoms with Gasteiger partial charge in [0.05, 0.1) is 22.7 Å². The lowest BCUT2D eigenvalue weighted by molar-refractivity contribution is 0.482. The average molecular weight is 452 g/mol. The van der Waals surface area contributed by atoms with Crippen LogP contribution < -0.4 is 9.64 Å². The first-order valence-corrected chi connectivity index (χ1v) is 11.1. The van der Waals surface area contributed by atoms with Crippen molar-refractivity contribution in [1.82, 2.24) is 0 Å². The van der Waals surface area contributed by atoms with Crippen LogP contribution in [0.5, 0.6) is 5.75 Å². The van der Waals surface area contributed by atoms with Crippen molar-refractivity contribution in [3.63, 3.8) is 0 Å². The minimum Gasteiger partial charge on any atom is -0.456 e. The van der Waals surface area contributed by atoms with Crippen LogP contribution in [0, 0.1) is 13.8 Å².